The number of hydrogen-bond acceptors (Lipinski definition) is 3. The number of urea groups is 1. The van der Waals surface area contributed by atoms with Gasteiger partial charge < -0.3 is 15.6 Å². The van der Waals surface area contributed by atoms with E-state index in [-0.39, 0.29) is 12.1 Å². The van der Waals surface area contributed by atoms with Crippen LogP contribution in [0.3, 0.4) is 0 Å². The molecule has 0 aliphatic heterocycles. The van der Waals surface area contributed by atoms with Crippen LogP contribution in [0.5, 0.6) is 0 Å². The molecule has 1 aromatic carbocycles. The summed E-state index contributed by atoms with van der Waals surface area (Å²) in [5.74, 6) is -0.626. The van der Waals surface area contributed by atoms with Gasteiger partial charge in [0.05, 0.1) is 23.3 Å². The monoisotopic (exact) mass is 370 g/mol. The summed E-state index contributed by atoms with van der Waals surface area (Å²) >= 11 is 0. The summed E-state index contributed by atoms with van der Waals surface area (Å²) in [6, 6.07) is 6.59. The lowest BCUT2D eigenvalue weighted by molar-refractivity contribution is 0.259. The molecule has 0 unspecified atom stereocenters. The van der Waals surface area contributed by atoms with Crippen LogP contribution in [0.25, 0.3) is 16.7 Å². The van der Waals surface area contributed by atoms with Crippen molar-refractivity contribution in [2.75, 3.05) is 5.32 Å². The predicted molar refractivity (Wildman–Crippen MR) is 96.6 cm³/mol. The molecule has 0 aliphatic carbocycles. The summed E-state index contributed by atoms with van der Waals surface area (Å²) < 4.78 is 31.8. The van der Waals surface area contributed by atoms with Gasteiger partial charge in [-0.25, -0.2) is 13.6 Å². The molecule has 0 atom stereocenters. The van der Waals surface area contributed by atoms with Crippen molar-refractivity contribution in [1.82, 2.24) is 19.2 Å². The Morgan fingerprint density at radius 2 is 1.85 bits per heavy atom. The van der Waals surface area contributed by atoms with Crippen molar-refractivity contribution in [3.63, 3.8) is 0 Å². The van der Waals surface area contributed by atoms with Gasteiger partial charge in [0.25, 0.3) is 0 Å². The molecule has 0 aliphatic rings. The van der Waals surface area contributed by atoms with Gasteiger partial charge in [0.15, 0.2) is 5.65 Å². The first-order valence-electron chi connectivity index (χ1n) is 8.20. The number of aryl methyl sites for hydroxylation is 2. The third kappa shape index (κ3) is 2.67. The van der Waals surface area contributed by atoms with Gasteiger partial charge in [-0.15, -0.1) is 10.2 Å². The summed E-state index contributed by atoms with van der Waals surface area (Å²) in [5, 5.41) is 10.7. The van der Waals surface area contributed by atoms with Crippen LogP contribution < -0.4 is 11.1 Å². The number of nitrogens with zero attached hydrogens (tertiary/aromatic N) is 4. The number of benzene rings is 1. The highest BCUT2D eigenvalue weighted by Gasteiger charge is 2.18. The molecule has 0 spiro atoms. The predicted octanol–water partition coefficient (Wildman–Crippen LogP) is 3.12. The van der Waals surface area contributed by atoms with E-state index < -0.39 is 17.7 Å². The molecule has 2 amide bonds. The molecule has 0 saturated carbocycles. The third-order valence-corrected chi connectivity index (χ3v) is 4.55. The number of pyridine rings is 1. The highest BCUT2D eigenvalue weighted by molar-refractivity contribution is 5.96. The number of primary amides is 1. The Labute approximate surface area is 152 Å². The molecular formula is C18H16F2N6O. The maximum Gasteiger partial charge on any atom is 0.316 e. The highest BCUT2D eigenvalue weighted by Crippen LogP contribution is 2.29. The summed E-state index contributed by atoms with van der Waals surface area (Å²) in [6.07, 6.45) is 0. The molecule has 27 heavy (non-hydrogen) atoms. The van der Waals surface area contributed by atoms with E-state index in [1.807, 2.05) is 13.0 Å². The van der Waals surface area contributed by atoms with Crippen molar-refractivity contribution in [3.8, 4) is 0 Å². The summed E-state index contributed by atoms with van der Waals surface area (Å²) in [6.45, 7) is 3.61. The van der Waals surface area contributed by atoms with E-state index >= 15 is 0 Å². The van der Waals surface area contributed by atoms with Gasteiger partial charge in [0.1, 0.15) is 17.5 Å². The quantitative estimate of drug-likeness (QED) is 0.581. The van der Waals surface area contributed by atoms with Crippen LogP contribution in [0, 0.1) is 25.5 Å². The molecule has 138 valence electrons. The third-order valence-electron chi connectivity index (χ3n) is 4.55. The van der Waals surface area contributed by atoms with Gasteiger partial charge in [0.2, 0.25) is 0 Å². The second-order valence-electron chi connectivity index (χ2n) is 6.30. The van der Waals surface area contributed by atoms with Gasteiger partial charge in [-0.1, -0.05) is 6.07 Å². The van der Waals surface area contributed by atoms with E-state index in [2.05, 4.69) is 15.5 Å². The molecular weight excluding hydrogens is 354 g/mol. The van der Waals surface area contributed by atoms with Crippen LogP contribution in [-0.2, 0) is 6.54 Å². The Hall–Kier alpha value is -3.49. The summed E-state index contributed by atoms with van der Waals surface area (Å²) in [5.41, 5.74) is 8.24. The van der Waals surface area contributed by atoms with Gasteiger partial charge in [-0.3, -0.25) is 4.40 Å². The van der Waals surface area contributed by atoms with Crippen molar-refractivity contribution < 1.29 is 13.6 Å². The fourth-order valence-electron chi connectivity index (χ4n) is 3.31. The zero-order valence-electron chi connectivity index (χ0n) is 14.6. The minimum atomic E-state index is -0.744. The van der Waals surface area contributed by atoms with Crippen molar-refractivity contribution in [2.45, 2.75) is 20.4 Å². The second kappa shape index (κ2) is 6.04. The van der Waals surface area contributed by atoms with Crippen molar-refractivity contribution in [1.29, 1.82) is 0 Å². The molecule has 0 bridgehead atoms. The van der Waals surface area contributed by atoms with Crippen LogP contribution in [0.15, 0.2) is 30.3 Å². The highest BCUT2D eigenvalue weighted by atomic mass is 19.1. The molecule has 0 fully saturated rings. The Kier molecular flexibility index (Phi) is 3.79. The fourth-order valence-corrected chi connectivity index (χ4v) is 3.31. The smallest absolute Gasteiger partial charge is 0.316 e. The van der Waals surface area contributed by atoms with Crippen LogP contribution in [0.1, 0.15) is 17.1 Å². The lowest BCUT2D eigenvalue weighted by Gasteiger charge is -2.12. The molecule has 4 rings (SSSR count). The maximum atomic E-state index is 14.1. The molecule has 3 heterocycles. The molecule has 3 N–H and O–H groups in total. The zero-order valence-corrected chi connectivity index (χ0v) is 14.6. The minimum Gasteiger partial charge on any atom is -0.351 e. The first kappa shape index (κ1) is 17.0. The second-order valence-corrected chi connectivity index (χ2v) is 6.30. The molecule has 7 nitrogen and oxygen atoms in total. The first-order valence-corrected chi connectivity index (χ1v) is 8.20. The number of fused-ring (bicyclic) bond motifs is 3. The van der Waals surface area contributed by atoms with Gasteiger partial charge in [-0.05, 0) is 38.1 Å². The average molecular weight is 370 g/mol. The van der Waals surface area contributed by atoms with E-state index in [1.165, 1.54) is 18.2 Å². The molecule has 3 aromatic heterocycles. The lowest BCUT2D eigenvalue weighted by atomic mass is 10.2. The number of amides is 2. The number of carbonyl (C=O) groups is 1. The summed E-state index contributed by atoms with van der Waals surface area (Å²) in [4.78, 5) is 11.4. The fraction of sp³-hybridized carbons (Fsp3) is 0.167. The number of aromatic nitrogens is 4. The normalized spacial score (nSPS) is 11.4. The zero-order chi connectivity index (χ0) is 19.3. The van der Waals surface area contributed by atoms with Crippen molar-refractivity contribution in [3.05, 3.63) is 59.0 Å². The van der Waals surface area contributed by atoms with E-state index in [1.54, 1.807) is 22.0 Å². The number of rotatable bonds is 3. The average Bonchev–Trinajstić information content (AvgIpc) is 3.12. The molecule has 9 heteroatoms. The molecule has 0 radical (unpaired) electrons. The van der Waals surface area contributed by atoms with Crippen LogP contribution in [-0.4, -0.2) is 25.2 Å². The first-order chi connectivity index (χ1) is 12.9. The number of nitrogens with one attached hydrogen (secondary N) is 1. The number of halogens is 2. The maximum absolute atomic E-state index is 14.1. The number of hydrogen-bond donors (Lipinski definition) is 2. The van der Waals surface area contributed by atoms with E-state index in [9.17, 15) is 13.6 Å². The Morgan fingerprint density at radius 3 is 2.52 bits per heavy atom. The van der Waals surface area contributed by atoms with E-state index in [4.69, 9.17) is 5.73 Å². The van der Waals surface area contributed by atoms with Gasteiger partial charge in [0, 0.05) is 11.3 Å². The number of anilines is 1. The molecule has 0 saturated heterocycles. The van der Waals surface area contributed by atoms with Crippen molar-refractivity contribution in [2.24, 2.45) is 5.73 Å². The van der Waals surface area contributed by atoms with Crippen LogP contribution in [0.4, 0.5) is 19.3 Å². The van der Waals surface area contributed by atoms with E-state index in [0.717, 1.165) is 11.2 Å². The standard InChI is InChI=1S/C18H16F2N6O/c1-9-6-16-15(25(9)8-11-12(19)4-3-5-13(11)20)7-14(22-18(21)27)17-24-23-10(2)26(16)17/h3-7H,8H2,1-2H3,(H3,21,22,27). The topological polar surface area (TPSA) is 90.2 Å². The Morgan fingerprint density at radius 1 is 1.15 bits per heavy atom. The van der Waals surface area contributed by atoms with Gasteiger partial charge in [-0.2, -0.15) is 0 Å². The van der Waals surface area contributed by atoms with E-state index in [0.29, 0.717) is 22.7 Å². The summed E-state index contributed by atoms with van der Waals surface area (Å²) in [7, 11) is 0. The SMILES string of the molecule is Cc1cc2c(cc(NC(N)=O)c3nnc(C)n32)n1Cc1c(F)cccc1F. The minimum absolute atomic E-state index is 0.00344. The van der Waals surface area contributed by atoms with Crippen LogP contribution in [0.2, 0.25) is 0 Å². The molecule has 4 aromatic rings. The number of carbonyl (C=O) groups excluding carboxylic acids is 1. The Bertz CT molecular complexity index is 1190. The lowest BCUT2D eigenvalue weighted by Crippen LogP contribution is -2.20. The van der Waals surface area contributed by atoms with Gasteiger partial charge >= 0.3 is 6.03 Å². The Balaban J connectivity index is 1.99. The number of nitrogens with two attached hydrogens (primary N) is 1. The van der Waals surface area contributed by atoms with Crippen molar-refractivity contribution >= 4 is 28.4 Å². The van der Waals surface area contributed by atoms with Crippen LogP contribution >= 0.6 is 0 Å². The largest absolute Gasteiger partial charge is 0.351 e.